The van der Waals surface area contributed by atoms with E-state index in [4.69, 9.17) is 18.9 Å². The number of rotatable bonds is 36. The molecule has 0 aromatic rings. The third-order valence-electron chi connectivity index (χ3n) is 9.73. The van der Waals surface area contributed by atoms with Crippen molar-refractivity contribution >= 4 is 11.9 Å². The Bertz CT molecular complexity index is 1230. The van der Waals surface area contributed by atoms with Gasteiger partial charge in [0.2, 0.25) is 0 Å². The fourth-order valence-electron chi connectivity index (χ4n) is 6.13. The number of carbonyl (C=O) groups excluding carboxylic acids is 2. The van der Waals surface area contributed by atoms with Gasteiger partial charge in [-0.15, -0.1) is 0 Å². The molecule has 1 saturated heterocycles. The molecular formula is C49H80O10. The van der Waals surface area contributed by atoms with Crippen LogP contribution in [-0.2, 0) is 28.5 Å². The number of carbonyl (C=O) groups is 2. The molecule has 6 atom stereocenters. The molecule has 0 radical (unpaired) electrons. The van der Waals surface area contributed by atoms with Gasteiger partial charge in [0.1, 0.15) is 31.0 Å². The molecule has 1 aliphatic rings. The van der Waals surface area contributed by atoms with Crippen molar-refractivity contribution < 1.29 is 49.0 Å². The molecule has 0 amide bonds. The lowest BCUT2D eigenvalue weighted by molar-refractivity contribution is -0.305. The van der Waals surface area contributed by atoms with Gasteiger partial charge in [-0.25, -0.2) is 0 Å². The van der Waals surface area contributed by atoms with E-state index in [2.05, 4.69) is 92.8 Å². The van der Waals surface area contributed by atoms with Gasteiger partial charge in [-0.2, -0.15) is 0 Å². The summed E-state index contributed by atoms with van der Waals surface area (Å²) in [6, 6.07) is 0. The van der Waals surface area contributed by atoms with Crippen LogP contribution in [0.4, 0.5) is 0 Å². The van der Waals surface area contributed by atoms with E-state index in [0.717, 1.165) is 64.2 Å². The molecule has 10 heteroatoms. The second-order valence-electron chi connectivity index (χ2n) is 15.1. The monoisotopic (exact) mass is 829 g/mol. The number of unbranched alkanes of at least 4 members (excludes halogenated alkanes) is 11. The standard InChI is InChI=1S/C49H80O10/c1-3-5-7-9-11-13-15-17-19-21-23-25-27-29-31-33-35-37-44(51)56-40-42(41-57-49-48(55)47(54)46(53)43(39-50)59-49)58-45(52)38-36-34-32-30-28-26-24-22-20-18-16-14-12-10-8-6-4-2/h7,9,13,15,18-21,24-27,30,32,42-43,46-50,53-55H,3-6,8,10-12,14,16-17,22-23,28-29,31,33-41H2,1-2H3/b9-7+,15-13+,20-18+,21-19+,26-24+,27-25+,32-30+/t42-,43-,46+,47?,48?,49-/m0/s1. The summed E-state index contributed by atoms with van der Waals surface area (Å²) >= 11 is 0. The highest BCUT2D eigenvalue weighted by atomic mass is 16.7. The van der Waals surface area contributed by atoms with E-state index in [1.54, 1.807) is 0 Å². The van der Waals surface area contributed by atoms with E-state index in [-0.39, 0.29) is 26.1 Å². The van der Waals surface area contributed by atoms with Gasteiger partial charge in [-0.3, -0.25) is 9.59 Å². The van der Waals surface area contributed by atoms with E-state index in [1.807, 2.05) is 6.08 Å². The average Bonchev–Trinajstić information content (AvgIpc) is 3.23. The fourth-order valence-corrected chi connectivity index (χ4v) is 6.13. The van der Waals surface area contributed by atoms with Crippen molar-refractivity contribution in [2.45, 2.75) is 192 Å². The van der Waals surface area contributed by atoms with Crippen LogP contribution in [-0.4, -0.2) is 89.0 Å². The molecule has 0 spiro atoms. The Hall–Kier alpha value is -3.12. The van der Waals surface area contributed by atoms with Crippen molar-refractivity contribution in [1.29, 1.82) is 0 Å². The molecule has 1 heterocycles. The first-order chi connectivity index (χ1) is 28.8. The molecule has 0 saturated carbocycles. The van der Waals surface area contributed by atoms with Crippen molar-refractivity contribution in [2.24, 2.45) is 0 Å². The fraction of sp³-hybridized carbons (Fsp3) is 0.673. The lowest BCUT2D eigenvalue weighted by Gasteiger charge is -2.39. The van der Waals surface area contributed by atoms with E-state index in [1.165, 1.54) is 44.9 Å². The number of hydrogen-bond acceptors (Lipinski definition) is 10. The molecule has 336 valence electrons. The van der Waals surface area contributed by atoms with Crippen LogP contribution in [0.2, 0.25) is 0 Å². The Morgan fingerprint density at radius 1 is 0.525 bits per heavy atom. The first-order valence-electron chi connectivity index (χ1n) is 22.7. The third kappa shape index (κ3) is 30.5. The summed E-state index contributed by atoms with van der Waals surface area (Å²) in [5, 5.41) is 40.1. The second-order valence-corrected chi connectivity index (χ2v) is 15.1. The van der Waals surface area contributed by atoms with Crippen molar-refractivity contribution in [2.75, 3.05) is 19.8 Å². The summed E-state index contributed by atoms with van der Waals surface area (Å²) in [5.41, 5.74) is 0. The van der Waals surface area contributed by atoms with Crippen LogP contribution in [0.25, 0.3) is 0 Å². The summed E-state index contributed by atoms with van der Waals surface area (Å²) in [6.45, 7) is 3.25. The van der Waals surface area contributed by atoms with Crippen LogP contribution < -0.4 is 0 Å². The van der Waals surface area contributed by atoms with Crippen LogP contribution in [0.3, 0.4) is 0 Å². The molecule has 0 aromatic heterocycles. The number of allylic oxidation sites excluding steroid dienone is 14. The minimum Gasteiger partial charge on any atom is -0.462 e. The first kappa shape index (κ1) is 53.9. The summed E-state index contributed by atoms with van der Waals surface area (Å²) in [5.74, 6) is -0.912. The Kier molecular flexibility index (Phi) is 35.7. The van der Waals surface area contributed by atoms with Crippen LogP contribution >= 0.6 is 0 Å². The molecule has 10 nitrogen and oxygen atoms in total. The predicted molar refractivity (Wildman–Crippen MR) is 237 cm³/mol. The van der Waals surface area contributed by atoms with E-state index < -0.39 is 55.4 Å². The maximum atomic E-state index is 12.8. The molecule has 0 aromatic carbocycles. The van der Waals surface area contributed by atoms with Gasteiger partial charge in [0.05, 0.1) is 13.2 Å². The Morgan fingerprint density at radius 3 is 1.54 bits per heavy atom. The van der Waals surface area contributed by atoms with Crippen LogP contribution in [0.5, 0.6) is 0 Å². The summed E-state index contributed by atoms with van der Waals surface area (Å²) in [7, 11) is 0. The number of esters is 2. The van der Waals surface area contributed by atoms with Crippen molar-refractivity contribution in [3.8, 4) is 0 Å². The zero-order chi connectivity index (χ0) is 43.0. The molecule has 4 N–H and O–H groups in total. The summed E-state index contributed by atoms with van der Waals surface area (Å²) in [4.78, 5) is 25.3. The largest absolute Gasteiger partial charge is 0.462 e. The normalized spacial score (nSPS) is 20.8. The lowest BCUT2D eigenvalue weighted by atomic mass is 9.99. The highest BCUT2D eigenvalue weighted by molar-refractivity contribution is 5.70. The average molecular weight is 829 g/mol. The molecular weight excluding hydrogens is 749 g/mol. The van der Waals surface area contributed by atoms with Crippen LogP contribution in [0.15, 0.2) is 85.1 Å². The minimum atomic E-state index is -1.61. The summed E-state index contributed by atoms with van der Waals surface area (Å²) in [6.07, 6.45) is 43.1. The van der Waals surface area contributed by atoms with Gasteiger partial charge in [-0.1, -0.05) is 144 Å². The molecule has 1 fully saturated rings. The molecule has 0 aliphatic carbocycles. The number of hydrogen-bond donors (Lipinski definition) is 4. The first-order valence-corrected chi connectivity index (χ1v) is 22.7. The Morgan fingerprint density at radius 2 is 1.00 bits per heavy atom. The van der Waals surface area contributed by atoms with Crippen molar-refractivity contribution in [1.82, 2.24) is 0 Å². The molecule has 2 unspecified atom stereocenters. The SMILES string of the molecule is CCC/C=C/C/C=C/C/C=C/C/C=C/CCCCCC(=O)OC[C@@H](CO[C@H]1O[C@@H](CO)[C@@H](O)C(O)C1O)OC(=O)CCC/C=C/C/C=C/C/C=C/CCCCCCCC. The molecule has 0 bridgehead atoms. The van der Waals surface area contributed by atoms with Gasteiger partial charge in [-0.05, 0) is 83.5 Å². The summed E-state index contributed by atoms with van der Waals surface area (Å²) < 4.78 is 22.1. The van der Waals surface area contributed by atoms with Crippen molar-refractivity contribution in [3.05, 3.63) is 85.1 Å². The maximum absolute atomic E-state index is 12.8. The van der Waals surface area contributed by atoms with E-state index in [0.29, 0.717) is 19.3 Å². The highest BCUT2D eigenvalue weighted by Gasteiger charge is 2.44. The molecule has 1 rings (SSSR count). The molecule has 1 aliphatic heterocycles. The zero-order valence-electron chi connectivity index (χ0n) is 36.5. The zero-order valence-corrected chi connectivity index (χ0v) is 36.5. The topological polar surface area (TPSA) is 152 Å². The quantitative estimate of drug-likeness (QED) is 0.0273. The van der Waals surface area contributed by atoms with Crippen molar-refractivity contribution in [3.63, 3.8) is 0 Å². The predicted octanol–water partition coefficient (Wildman–Crippen LogP) is 9.77. The van der Waals surface area contributed by atoms with Crippen LogP contribution in [0.1, 0.15) is 155 Å². The van der Waals surface area contributed by atoms with Gasteiger partial charge in [0.15, 0.2) is 12.4 Å². The minimum absolute atomic E-state index is 0.146. The van der Waals surface area contributed by atoms with E-state index in [9.17, 15) is 30.0 Å². The number of ether oxygens (including phenoxy) is 4. The van der Waals surface area contributed by atoms with E-state index >= 15 is 0 Å². The van der Waals surface area contributed by atoms with Gasteiger partial charge in [0, 0.05) is 12.8 Å². The maximum Gasteiger partial charge on any atom is 0.306 e. The number of aliphatic hydroxyl groups is 4. The Labute approximate surface area is 356 Å². The smallest absolute Gasteiger partial charge is 0.306 e. The van der Waals surface area contributed by atoms with Gasteiger partial charge >= 0.3 is 11.9 Å². The van der Waals surface area contributed by atoms with Crippen LogP contribution in [0, 0.1) is 0 Å². The highest BCUT2D eigenvalue weighted by Crippen LogP contribution is 2.22. The lowest BCUT2D eigenvalue weighted by Crippen LogP contribution is -2.59. The third-order valence-corrected chi connectivity index (χ3v) is 9.73. The van der Waals surface area contributed by atoms with Gasteiger partial charge in [0.25, 0.3) is 0 Å². The second kappa shape index (κ2) is 39.0. The number of aliphatic hydroxyl groups excluding tert-OH is 4. The van der Waals surface area contributed by atoms with Gasteiger partial charge < -0.3 is 39.4 Å². The Balaban J connectivity index is 2.41. The molecule has 59 heavy (non-hydrogen) atoms.